The van der Waals surface area contributed by atoms with Crippen LogP contribution in [0.15, 0.2) is 48.7 Å². The molecule has 22 heavy (non-hydrogen) atoms. The Kier molecular flexibility index (Phi) is 5.16. The predicted molar refractivity (Wildman–Crippen MR) is 97.1 cm³/mol. The van der Waals surface area contributed by atoms with Crippen molar-refractivity contribution in [1.82, 2.24) is 4.90 Å². The molecule has 0 saturated carbocycles. The van der Waals surface area contributed by atoms with Crippen LogP contribution in [0, 0.1) is 5.92 Å². The topological polar surface area (TPSA) is 3.24 Å². The molecule has 0 spiro atoms. The highest BCUT2D eigenvalue weighted by molar-refractivity contribution is 5.33. The van der Waals surface area contributed by atoms with E-state index in [0.29, 0.717) is 0 Å². The number of rotatable bonds is 6. The van der Waals surface area contributed by atoms with Crippen LogP contribution < -0.4 is 0 Å². The minimum Gasteiger partial charge on any atom is -0.371 e. The summed E-state index contributed by atoms with van der Waals surface area (Å²) in [7, 11) is 0. The smallest absolute Gasteiger partial charge is 0.0319 e. The van der Waals surface area contributed by atoms with Crippen LogP contribution in [0.25, 0.3) is 0 Å². The molecule has 0 atom stereocenters. The van der Waals surface area contributed by atoms with Crippen LogP contribution in [-0.2, 0) is 11.8 Å². The highest BCUT2D eigenvalue weighted by Gasteiger charge is 2.28. The van der Waals surface area contributed by atoms with Gasteiger partial charge in [0, 0.05) is 18.8 Å². The summed E-state index contributed by atoms with van der Waals surface area (Å²) in [6.07, 6.45) is 3.46. The molecule has 1 aromatic carbocycles. The predicted octanol–water partition coefficient (Wildman–Crippen LogP) is 5.33. The van der Waals surface area contributed by atoms with Crippen molar-refractivity contribution >= 4 is 0 Å². The minimum atomic E-state index is 0.232. The van der Waals surface area contributed by atoms with E-state index < -0.39 is 0 Å². The Morgan fingerprint density at radius 1 is 1.18 bits per heavy atom. The van der Waals surface area contributed by atoms with E-state index in [-0.39, 0.29) is 5.41 Å². The van der Waals surface area contributed by atoms with Crippen molar-refractivity contribution in [3.05, 3.63) is 59.8 Å². The molecule has 1 aliphatic rings. The Hall–Kier alpha value is -1.50. The monoisotopic (exact) mass is 297 g/mol. The molecule has 1 heterocycles. The molecule has 0 N–H and O–H groups in total. The van der Waals surface area contributed by atoms with Crippen LogP contribution in [0.5, 0.6) is 0 Å². The first-order valence-corrected chi connectivity index (χ1v) is 8.53. The van der Waals surface area contributed by atoms with Crippen molar-refractivity contribution in [2.45, 2.75) is 52.4 Å². The Bertz CT molecular complexity index is 541. The van der Waals surface area contributed by atoms with Crippen LogP contribution in [0.1, 0.15) is 51.7 Å². The van der Waals surface area contributed by atoms with Gasteiger partial charge in [-0.1, -0.05) is 65.1 Å². The molecule has 1 aromatic rings. The van der Waals surface area contributed by atoms with Gasteiger partial charge in [-0.3, -0.25) is 0 Å². The zero-order chi connectivity index (χ0) is 16.3. The van der Waals surface area contributed by atoms with Gasteiger partial charge >= 0.3 is 0 Å². The Labute approximate surface area is 136 Å². The summed E-state index contributed by atoms with van der Waals surface area (Å²) in [5.74, 6) is 0.800. The number of likely N-dealkylation sites (tertiary alicyclic amines) is 1. The molecule has 0 amide bonds. The van der Waals surface area contributed by atoms with Crippen molar-refractivity contribution in [3.63, 3.8) is 0 Å². The van der Waals surface area contributed by atoms with Crippen LogP contribution >= 0.6 is 0 Å². The van der Waals surface area contributed by atoms with Crippen LogP contribution in [0.4, 0.5) is 0 Å². The lowest BCUT2D eigenvalue weighted by atomic mass is 9.81. The van der Waals surface area contributed by atoms with Crippen molar-refractivity contribution in [3.8, 4) is 0 Å². The average molecular weight is 297 g/mol. The number of nitrogens with zero attached hydrogens (tertiary/aromatic N) is 1. The molecule has 0 unspecified atom stereocenters. The van der Waals surface area contributed by atoms with Gasteiger partial charge in [0.15, 0.2) is 0 Å². The maximum atomic E-state index is 4.17. The summed E-state index contributed by atoms with van der Waals surface area (Å²) in [5, 5.41) is 0. The summed E-state index contributed by atoms with van der Waals surface area (Å²) in [6, 6.07) is 8.92. The number of allylic oxidation sites excluding steroid dienone is 1. The van der Waals surface area contributed by atoms with Crippen LogP contribution in [0.2, 0.25) is 0 Å². The van der Waals surface area contributed by atoms with E-state index >= 15 is 0 Å². The molecule has 0 bridgehead atoms. The lowest BCUT2D eigenvalue weighted by molar-refractivity contribution is 0.138. The molecular weight excluding hydrogens is 266 g/mol. The fraction of sp³-hybridized carbons (Fsp3) is 0.524. The van der Waals surface area contributed by atoms with E-state index in [2.05, 4.69) is 70.0 Å². The molecule has 1 aliphatic heterocycles. The Morgan fingerprint density at radius 2 is 1.82 bits per heavy atom. The zero-order valence-corrected chi connectivity index (χ0v) is 14.8. The summed E-state index contributed by atoms with van der Waals surface area (Å²) >= 11 is 0. The normalized spacial score (nSPS) is 15.5. The molecule has 1 nitrogen and oxygen atoms in total. The van der Waals surface area contributed by atoms with E-state index in [1.54, 1.807) is 0 Å². The molecule has 1 saturated heterocycles. The lowest BCUT2D eigenvalue weighted by Gasteiger charge is -2.43. The van der Waals surface area contributed by atoms with Gasteiger partial charge < -0.3 is 4.90 Å². The van der Waals surface area contributed by atoms with Crippen molar-refractivity contribution in [2.75, 3.05) is 13.1 Å². The van der Waals surface area contributed by atoms with E-state index in [4.69, 9.17) is 0 Å². The maximum absolute atomic E-state index is 4.17. The van der Waals surface area contributed by atoms with Crippen molar-refractivity contribution < 1.29 is 0 Å². The van der Waals surface area contributed by atoms with Gasteiger partial charge in [-0.2, -0.15) is 0 Å². The van der Waals surface area contributed by atoms with Gasteiger partial charge in [-0.15, -0.1) is 0 Å². The van der Waals surface area contributed by atoms with Crippen molar-refractivity contribution in [2.24, 2.45) is 5.92 Å². The van der Waals surface area contributed by atoms with Gasteiger partial charge in [-0.25, -0.2) is 0 Å². The number of aryl methyl sites for hydroxylation is 1. The van der Waals surface area contributed by atoms with Gasteiger partial charge in [0.1, 0.15) is 0 Å². The Morgan fingerprint density at radius 3 is 2.41 bits per heavy atom. The van der Waals surface area contributed by atoms with Gasteiger partial charge in [0.25, 0.3) is 0 Å². The van der Waals surface area contributed by atoms with E-state index in [0.717, 1.165) is 31.1 Å². The maximum Gasteiger partial charge on any atom is 0.0319 e. The van der Waals surface area contributed by atoms with Gasteiger partial charge in [0.05, 0.1) is 0 Å². The summed E-state index contributed by atoms with van der Waals surface area (Å²) < 4.78 is 0. The minimum absolute atomic E-state index is 0.232. The SMILES string of the molecule is C=C(CC)C(=C)N1CC(CCc2ccccc2C(C)(C)C)C1. The molecule has 1 fully saturated rings. The molecule has 0 aliphatic carbocycles. The highest BCUT2D eigenvalue weighted by Crippen LogP contribution is 2.30. The van der Waals surface area contributed by atoms with Gasteiger partial charge in [0.2, 0.25) is 0 Å². The standard InChI is InChI=1S/C21H31N/c1-7-16(2)17(3)22-14-18(15-22)12-13-19-10-8-9-11-20(19)21(4,5)6/h8-11,18H,2-3,7,12-15H2,1,4-6H3. The molecular formula is C21H31N. The van der Waals surface area contributed by atoms with E-state index in [1.165, 1.54) is 29.5 Å². The summed E-state index contributed by atoms with van der Waals surface area (Å²) in [4.78, 5) is 2.38. The molecule has 120 valence electrons. The third kappa shape index (κ3) is 3.82. The first kappa shape index (κ1) is 16.9. The number of benzene rings is 1. The fourth-order valence-electron chi connectivity index (χ4n) is 3.23. The van der Waals surface area contributed by atoms with Crippen LogP contribution in [0.3, 0.4) is 0 Å². The first-order chi connectivity index (χ1) is 10.3. The van der Waals surface area contributed by atoms with Crippen molar-refractivity contribution in [1.29, 1.82) is 0 Å². The Balaban J connectivity index is 1.87. The highest BCUT2D eigenvalue weighted by atomic mass is 15.2. The quantitative estimate of drug-likeness (QED) is 0.642. The second kappa shape index (κ2) is 6.73. The molecule has 0 radical (unpaired) electrons. The molecule has 0 aromatic heterocycles. The second-order valence-corrected chi connectivity index (χ2v) is 7.62. The molecule has 2 rings (SSSR count). The third-order valence-electron chi connectivity index (χ3n) is 4.82. The second-order valence-electron chi connectivity index (χ2n) is 7.62. The average Bonchev–Trinajstić information content (AvgIpc) is 2.43. The fourth-order valence-corrected chi connectivity index (χ4v) is 3.23. The largest absolute Gasteiger partial charge is 0.371 e. The third-order valence-corrected chi connectivity index (χ3v) is 4.82. The number of hydrogen-bond acceptors (Lipinski definition) is 1. The summed E-state index contributed by atoms with van der Waals surface area (Å²) in [5.41, 5.74) is 5.57. The van der Waals surface area contributed by atoms with Crippen LogP contribution in [-0.4, -0.2) is 18.0 Å². The molecule has 1 heteroatoms. The van der Waals surface area contributed by atoms with Gasteiger partial charge in [-0.05, 0) is 47.3 Å². The number of hydrogen-bond donors (Lipinski definition) is 0. The lowest BCUT2D eigenvalue weighted by Crippen LogP contribution is -2.46. The van der Waals surface area contributed by atoms with E-state index in [1.807, 2.05) is 0 Å². The first-order valence-electron chi connectivity index (χ1n) is 8.53. The zero-order valence-electron chi connectivity index (χ0n) is 14.8. The summed E-state index contributed by atoms with van der Waals surface area (Å²) in [6.45, 7) is 19.6. The van der Waals surface area contributed by atoms with E-state index in [9.17, 15) is 0 Å².